The van der Waals surface area contributed by atoms with Crippen LogP contribution < -0.4 is 0 Å². The van der Waals surface area contributed by atoms with Gasteiger partial charge in [0.05, 0.1) is 0 Å². The van der Waals surface area contributed by atoms with E-state index in [-0.39, 0.29) is 11.6 Å². The number of carbonyl (C=O) groups excluding carboxylic acids is 1. The van der Waals surface area contributed by atoms with E-state index in [1.807, 2.05) is 6.07 Å². The first-order valence-electron chi connectivity index (χ1n) is 7.04. The van der Waals surface area contributed by atoms with Gasteiger partial charge in [-0.2, -0.15) is 0 Å². The number of benzene rings is 1. The van der Waals surface area contributed by atoms with Gasteiger partial charge in [-0.15, -0.1) is 0 Å². The van der Waals surface area contributed by atoms with E-state index in [2.05, 4.69) is 30.8 Å². The van der Waals surface area contributed by atoms with Gasteiger partial charge in [-0.25, -0.2) is 4.79 Å². The standard InChI is InChI=1S/C17H20O2/c1-12(2)16(18)19-17-9-8-13(11-17)10-15(17)14-6-4-3-5-7-14/h3-7,13,15H,1,8-11H2,2H3. The van der Waals surface area contributed by atoms with Crippen molar-refractivity contribution in [2.75, 3.05) is 0 Å². The predicted octanol–water partition coefficient (Wildman–Crippen LogP) is 3.83. The normalized spacial score (nSPS) is 32.3. The third-order valence-electron chi connectivity index (χ3n) is 4.66. The molecule has 0 saturated heterocycles. The molecule has 1 aromatic rings. The fraction of sp³-hybridized carbons (Fsp3) is 0.471. The Bertz CT molecular complexity index is 505. The van der Waals surface area contributed by atoms with Crippen molar-refractivity contribution in [2.24, 2.45) is 5.92 Å². The second kappa shape index (κ2) is 4.52. The van der Waals surface area contributed by atoms with Crippen LogP contribution in [0.4, 0.5) is 0 Å². The predicted molar refractivity (Wildman–Crippen MR) is 74.8 cm³/mol. The maximum Gasteiger partial charge on any atom is 0.333 e. The van der Waals surface area contributed by atoms with Gasteiger partial charge < -0.3 is 4.74 Å². The molecule has 2 fully saturated rings. The van der Waals surface area contributed by atoms with Crippen LogP contribution >= 0.6 is 0 Å². The number of hydrogen-bond acceptors (Lipinski definition) is 2. The molecule has 0 amide bonds. The molecule has 0 heterocycles. The zero-order valence-electron chi connectivity index (χ0n) is 11.4. The van der Waals surface area contributed by atoms with Gasteiger partial charge in [0.2, 0.25) is 0 Å². The van der Waals surface area contributed by atoms with Crippen LogP contribution in [0.1, 0.15) is 44.1 Å². The molecular formula is C17H20O2. The zero-order chi connectivity index (χ0) is 13.5. The lowest BCUT2D eigenvalue weighted by molar-refractivity contribution is -0.155. The fourth-order valence-corrected chi connectivity index (χ4v) is 3.77. The molecular weight excluding hydrogens is 236 g/mol. The SMILES string of the molecule is C=C(C)C(=O)OC12CCC(CC1c1ccccc1)C2. The van der Waals surface area contributed by atoms with Gasteiger partial charge in [0, 0.05) is 11.5 Å². The second-order valence-corrected chi connectivity index (χ2v) is 6.04. The molecule has 3 atom stereocenters. The Balaban J connectivity index is 1.89. The molecule has 2 heteroatoms. The first kappa shape index (κ1) is 12.5. The van der Waals surface area contributed by atoms with E-state index < -0.39 is 0 Å². The molecule has 0 aromatic heterocycles. The van der Waals surface area contributed by atoms with Gasteiger partial charge in [-0.1, -0.05) is 36.9 Å². The molecule has 2 bridgehead atoms. The molecule has 0 aliphatic heterocycles. The van der Waals surface area contributed by atoms with E-state index >= 15 is 0 Å². The van der Waals surface area contributed by atoms with Crippen molar-refractivity contribution in [2.45, 2.75) is 44.1 Å². The van der Waals surface area contributed by atoms with Crippen LogP contribution in [-0.2, 0) is 9.53 Å². The highest BCUT2D eigenvalue weighted by molar-refractivity contribution is 5.87. The lowest BCUT2D eigenvalue weighted by Crippen LogP contribution is -2.36. The van der Waals surface area contributed by atoms with Crippen molar-refractivity contribution in [3.63, 3.8) is 0 Å². The molecule has 3 unspecified atom stereocenters. The Morgan fingerprint density at radius 2 is 2.11 bits per heavy atom. The summed E-state index contributed by atoms with van der Waals surface area (Å²) in [6.07, 6.45) is 4.35. The van der Waals surface area contributed by atoms with E-state index in [1.54, 1.807) is 6.92 Å². The molecule has 100 valence electrons. The quantitative estimate of drug-likeness (QED) is 0.607. The van der Waals surface area contributed by atoms with Crippen molar-refractivity contribution < 1.29 is 9.53 Å². The molecule has 19 heavy (non-hydrogen) atoms. The van der Waals surface area contributed by atoms with Crippen LogP contribution in [0.5, 0.6) is 0 Å². The molecule has 2 aliphatic carbocycles. The van der Waals surface area contributed by atoms with Crippen molar-refractivity contribution in [3.05, 3.63) is 48.0 Å². The van der Waals surface area contributed by atoms with Gasteiger partial charge in [-0.05, 0) is 44.1 Å². The smallest absolute Gasteiger partial charge is 0.333 e. The monoisotopic (exact) mass is 256 g/mol. The van der Waals surface area contributed by atoms with E-state index in [0.29, 0.717) is 17.4 Å². The van der Waals surface area contributed by atoms with E-state index in [9.17, 15) is 4.79 Å². The summed E-state index contributed by atoms with van der Waals surface area (Å²) in [7, 11) is 0. The Hall–Kier alpha value is -1.57. The number of ether oxygens (including phenoxy) is 1. The Morgan fingerprint density at radius 3 is 2.74 bits per heavy atom. The van der Waals surface area contributed by atoms with Crippen LogP contribution in [0.3, 0.4) is 0 Å². The van der Waals surface area contributed by atoms with Crippen molar-refractivity contribution in [3.8, 4) is 0 Å². The largest absolute Gasteiger partial charge is 0.455 e. The number of fused-ring (bicyclic) bond motifs is 2. The fourth-order valence-electron chi connectivity index (χ4n) is 3.77. The van der Waals surface area contributed by atoms with Crippen LogP contribution in [-0.4, -0.2) is 11.6 Å². The summed E-state index contributed by atoms with van der Waals surface area (Å²) in [5.41, 5.74) is 1.53. The topological polar surface area (TPSA) is 26.3 Å². The summed E-state index contributed by atoms with van der Waals surface area (Å²) in [5.74, 6) is 0.836. The highest BCUT2D eigenvalue weighted by Gasteiger charge is 2.55. The zero-order valence-corrected chi connectivity index (χ0v) is 11.4. The summed E-state index contributed by atoms with van der Waals surface area (Å²) >= 11 is 0. The highest BCUT2D eigenvalue weighted by atomic mass is 16.6. The average Bonchev–Trinajstić information content (AvgIpc) is 2.97. The molecule has 0 radical (unpaired) electrons. The maximum atomic E-state index is 11.9. The van der Waals surface area contributed by atoms with Crippen molar-refractivity contribution in [1.29, 1.82) is 0 Å². The van der Waals surface area contributed by atoms with E-state index in [4.69, 9.17) is 4.74 Å². The van der Waals surface area contributed by atoms with Gasteiger partial charge >= 0.3 is 5.97 Å². The molecule has 2 nitrogen and oxygen atoms in total. The molecule has 3 rings (SSSR count). The average molecular weight is 256 g/mol. The molecule has 1 aromatic carbocycles. The van der Waals surface area contributed by atoms with Gasteiger partial charge in [0.25, 0.3) is 0 Å². The van der Waals surface area contributed by atoms with E-state index in [1.165, 1.54) is 12.0 Å². The molecule has 2 saturated carbocycles. The lowest BCUT2D eigenvalue weighted by atomic mass is 9.80. The van der Waals surface area contributed by atoms with Crippen molar-refractivity contribution >= 4 is 5.97 Å². The molecule has 0 N–H and O–H groups in total. The van der Waals surface area contributed by atoms with Crippen LogP contribution in [0.25, 0.3) is 0 Å². The number of rotatable bonds is 3. The molecule has 2 aliphatic rings. The maximum absolute atomic E-state index is 11.9. The van der Waals surface area contributed by atoms with Crippen LogP contribution in [0.15, 0.2) is 42.5 Å². The van der Waals surface area contributed by atoms with Crippen molar-refractivity contribution in [1.82, 2.24) is 0 Å². The third kappa shape index (κ3) is 2.09. The first-order valence-corrected chi connectivity index (χ1v) is 7.04. The van der Waals surface area contributed by atoms with E-state index in [0.717, 1.165) is 19.3 Å². The summed E-state index contributed by atoms with van der Waals surface area (Å²) in [6.45, 7) is 5.42. The number of esters is 1. The third-order valence-corrected chi connectivity index (χ3v) is 4.66. The van der Waals surface area contributed by atoms with Crippen LogP contribution in [0, 0.1) is 5.92 Å². The van der Waals surface area contributed by atoms with Gasteiger partial charge in [-0.3, -0.25) is 0 Å². The second-order valence-electron chi connectivity index (χ2n) is 6.04. The first-order chi connectivity index (χ1) is 9.11. The minimum Gasteiger partial charge on any atom is -0.455 e. The minimum absolute atomic E-state index is 0.233. The Kier molecular flexibility index (Phi) is 2.96. The number of carbonyl (C=O) groups is 1. The van der Waals surface area contributed by atoms with Gasteiger partial charge in [0.1, 0.15) is 5.60 Å². The Morgan fingerprint density at radius 1 is 1.37 bits per heavy atom. The summed E-state index contributed by atoms with van der Waals surface area (Å²) < 4.78 is 5.88. The minimum atomic E-state index is -0.276. The summed E-state index contributed by atoms with van der Waals surface area (Å²) in [5, 5.41) is 0. The molecule has 0 spiro atoms. The highest BCUT2D eigenvalue weighted by Crippen LogP contribution is 2.57. The summed E-state index contributed by atoms with van der Waals surface area (Å²) in [4.78, 5) is 11.9. The number of hydrogen-bond donors (Lipinski definition) is 0. The summed E-state index contributed by atoms with van der Waals surface area (Å²) in [6, 6.07) is 10.5. The lowest BCUT2D eigenvalue weighted by Gasteiger charge is -2.35. The van der Waals surface area contributed by atoms with Gasteiger partial charge in [0.15, 0.2) is 0 Å². The van der Waals surface area contributed by atoms with Crippen LogP contribution in [0.2, 0.25) is 0 Å². The Labute approximate surface area is 114 Å².